The Kier molecular flexibility index (Phi) is 5.06. The predicted molar refractivity (Wildman–Crippen MR) is 96.3 cm³/mol. The van der Waals surface area contributed by atoms with E-state index in [1.54, 1.807) is 0 Å². The van der Waals surface area contributed by atoms with Crippen LogP contribution in [-0.4, -0.2) is 23.6 Å². The van der Waals surface area contributed by atoms with Gasteiger partial charge >= 0.3 is 0 Å². The summed E-state index contributed by atoms with van der Waals surface area (Å²) < 4.78 is 0. The van der Waals surface area contributed by atoms with Crippen LogP contribution in [0.3, 0.4) is 0 Å². The van der Waals surface area contributed by atoms with Crippen LogP contribution in [-0.2, 0) is 6.54 Å². The maximum atomic E-state index is 10.3. The van der Waals surface area contributed by atoms with E-state index in [0.717, 1.165) is 25.1 Å². The van der Waals surface area contributed by atoms with E-state index >= 15 is 0 Å². The number of fused-ring (bicyclic) bond motifs is 1. The Hall–Kier alpha value is -2.16. The number of hydrogen-bond acceptors (Lipinski definition) is 2. The van der Waals surface area contributed by atoms with Gasteiger partial charge < -0.3 is 10.0 Å². The van der Waals surface area contributed by atoms with Crippen molar-refractivity contribution in [3.05, 3.63) is 83.9 Å². The summed E-state index contributed by atoms with van der Waals surface area (Å²) in [5.74, 6) is 0. The fourth-order valence-corrected chi connectivity index (χ4v) is 2.98. The van der Waals surface area contributed by atoms with E-state index in [1.165, 1.54) is 16.3 Å². The molecule has 118 valence electrons. The number of rotatable bonds is 6. The summed E-state index contributed by atoms with van der Waals surface area (Å²) in [5, 5.41) is 12.9. The van der Waals surface area contributed by atoms with Crippen molar-refractivity contribution < 1.29 is 5.11 Å². The summed E-state index contributed by atoms with van der Waals surface area (Å²) in [4.78, 5) is 2.27. The van der Waals surface area contributed by atoms with Gasteiger partial charge in [0.05, 0.1) is 6.10 Å². The number of benzene rings is 3. The Balaban J connectivity index is 1.62. The number of aliphatic hydroxyl groups excluding tert-OH is 1. The molecule has 0 spiro atoms. The minimum atomic E-state index is -0.397. The minimum absolute atomic E-state index is 0.397. The fraction of sp³-hybridized carbons (Fsp3) is 0.238. The van der Waals surface area contributed by atoms with Gasteiger partial charge in [-0.3, -0.25) is 0 Å². The van der Waals surface area contributed by atoms with Crippen molar-refractivity contribution in [3.8, 4) is 0 Å². The highest BCUT2D eigenvalue weighted by Crippen LogP contribution is 2.21. The molecule has 2 nitrogen and oxygen atoms in total. The van der Waals surface area contributed by atoms with Crippen molar-refractivity contribution in [1.29, 1.82) is 0 Å². The van der Waals surface area contributed by atoms with Crippen LogP contribution in [0.5, 0.6) is 0 Å². The molecule has 3 rings (SSSR count). The van der Waals surface area contributed by atoms with E-state index in [1.807, 2.05) is 30.3 Å². The first-order valence-electron chi connectivity index (χ1n) is 8.12. The molecule has 3 aromatic carbocycles. The van der Waals surface area contributed by atoms with Crippen LogP contribution in [0, 0.1) is 0 Å². The van der Waals surface area contributed by atoms with Gasteiger partial charge in [0.1, 0.15) is 0 Å². The van der Waals surface area contributed by atoms with Gasteiger partial charge in [0.15, 0.2) is 0 Å². The Labute approximate surface area is 138 Å². The van der Waals surface area contributed by atoms with E-state index < -0.39 is 6.10 Å². The van der Waals surface area contributed by atoms with Crippen molar-refractivity contribution in [2.24, 2.45) is 0 Å². The second-order valence-electron chi connectivity index (χ2n) is 6.09. The third kappa shape index (κ3) is 3.98. The van der Waals surface area contributed by atoms with Crippen LogP contribution in [0.1, 0.15) is 23.7 Å². The maximum Gasteiger partial charge on any atom is 0.0802 e. The molecular weight excluding hydrogens is 282 g/mol. The minimum Gasteiger partial charge on any atom is -0.388 e. The zero-order chi connectivity index (χ0) is 16.1. The van der Waals surface area contributed by atoms with Crippen LogP contribution >= 0.6 is 0 Å². The van der Waals surface area contributed by atoms with Gasteiger partial charge in [0, 0.05) is 13.1 Å². The zero-order valence-corrected chi connectivity index (χ0v) is 13.5. The molecule has 0 radical (unpaired) electrons. The van der Waals surface area contributed by atoms with Gasteiger partial charge in [-0.15, -0.1) is 0 Å². The summed E-state index contributed by atoms with van der Waals surface area (Å²) in [6, 6.07) is 24.8. The predicted octanol–water partition coefficient (Wildman–Crippen LogP) is 4.40. The van der Waals surface area contributed by atoms with Crippen LogP contribution in [0.15, 0.2) is 72.8 Å². The lowest BCUT2D eigenvalue weighted by atomic mass is 10.0. The maximum absolute atomic E-state index is 10.3. The molecule has 0 saturated heterocycles. The van der Waals surface area contributed by atoms with Crippen molar-refractivity contribution in [2.45, 2.75) is 19.1 Å². The Morgan fingerprint density at radius 1 is 0.870 bits per heavy atom. The van der Waals surface area contributed by atoms with Crippen LogP contribution in [0.2, 0.25) is 0 Å². The Morgan fingerprint density at radius 2 is 1.57 bits per heavy atom. The summed E-state index contributed by atoms with van der Waals surface area (Å²) in [5.41, 5.74) is 2.32. The molecule has 0 aromatic heterocycles. The van der Waals surface area contributed by atoms with E-state index in [9.17, 15) is 5.11 Å². The third-order valence-electron chi connectivity index (χ3n) is 4.29. The quantitative estimate of drug-likeness (QED) is 0.730. The van der Waals surface area contributed by atoms with Gasteiger partial charge in [-0.1, -0.05) is 72.8 Å². The molecule has 1 unspecified atom stereocenters. The molecule has 0 heterocycles. The van der Waals surface area contributed by atoms with Crippen LogP contribution < -0.4 is 0 Å². The topological polar surface area (TPSA) is 23.5 Å². The van der Waals surface area contributed by atoms with Crippen molar-refractivity contribution in [1.82, 2.24) is 4.90 Å². The standard InChI is InChI=1S/C21H23NO/c1-22(15-14-21(23)18-9-3-2-4-10-18)16-19-12-7-11-17-8-5-6-13-20(17)19/h2-13,21,23H,14-16H2,1H3. The van der Waals surface area contributed by atoms with Crippen molar-refractivity contribution in [2.75, 3.05) is 13.6 Å². The molecule has 2 heteroatoms. The molecule has 1 N–H and O–H groups in total. The Morgan fingerprint density at radius 3 is 2.39 bits per heavy atom. The molecule has 0 aliphatic rings. The van der Waals surface area contributed by atoms with Gasteiger partial charge in [0.2, 0.25) is 0 Å². The summed E-state index contributed by atoms with van der Waals surface area (Å²) in [6.07, 6.45) is 0.344. The smallest absolute Gasteiger partial charge is 0.0802 e. The third-order valence-corrected chi connectivity index (χ3v) is 4.29. The van der Waals surface area contributed by atoms with Crippen LogP contribution in [0.25, 0.3) is 10.8 Å². The second kappa shape index (κ2) is 7.40. The zero-order valence-electron chi connectivity index (χ0n) is 13.5. The molecule has 23 heavy (non-hydrogen) atoms. The van der Waals surface area contributed by atoms with Crippen molar-refractivity contribution in [3.63, 3.8) is 0 Å². The van der Waals surface area contributed by atoms with Gasteiger partial charge in [-0.05, 0) is 35.4 Å². The molecule has 0 saturated carbocycles. The van der Waals surface area contributed by atoms with Gasteiger partial charge in [0.25, 0.3) is 0 Å². The molecule has 0 aliphatic carbocycles. The Bertz CT molecular complexity index is 749. The largest absolute Gasteiger partial charge is 0.388 e. The highest BCUT2D eigenvalue weighted by atomic mass is 16.3. The van der Waals surface area contributed by atoms with E-state index in [0.29, 0.717) is 0 Å². The lowest BCUT2D eigenvalue weighted by Gasteiger charge is -2.20. The van der Waals surface area contributed by atoms with Crippen LogP contribution in [0.4, 0.5) is 0 Å². The number of hydrogen-bond donors (Lipinski definition) is 1. The molecule has 3 aromatic rings. The normalized spacial score (nSPS) is 12.7. The molecule has 0 fully saturated rings. The fourth-order valence-electron chi connectivity index (χ4n) is 2.98. The molecule has 0 amide bonds. The van der Waals surface area contributed by atoms with E-state index in [2.05, 4.69) is 54.4 Å². The number of aliphatic hydroxyl groups is 1. The first-order valence-corrected chi connectivity index (χ1v) is 8.12. The summed E-state index contributed by atoms with van der Waals surface area (Å²) in [6.45, 7) is 1.75. The molecule has 0 aliphatic heterocycles. The highest BCUT2D eigenvalue weighted by Gasteiger charge is 2.09. The first kappa shape index (κ1) is 15.7. The summed E-state index contributed by atoms with van der Waals surface area (Å²) >= 11 is 0. The van der Waals surface area contributed by atoms with Gasteiger partial charge in [-0.2, -0.15) is 0 Å². The van der Waals surface area contributed by atoms with Gasteiger partial charge in [-0.25, -0.2) is 0 Å². The van der Waals surface area contributed by atoms with E-state index in [4.69, 9.17) is 0 Å². The first-order chi connectivity index (χ1) is 11.2. The highest BCUT2D eigenvalue weighted by molar-refractivity contribution is 5.85. The molecule has 0 bridgehead atoms. The summed E-state index contributed by atoms with van der Waals surface area (Å²) in [7, 11) is 2.11. The second-order valence-corrected chi connectivity index (χ2v) is 6.09. The molecular formula is C21H23NO. The molecule has 1 atom stereocenters. The average Bonchev–Trinajstić information content (AvgIpc) is 2.61. The lowest BCUT2D eigenvalue weighted by molar-refractivity contribution is 0.148. The monoisotopic (exact) mass is 305 g/mol. The average molecular weight is 305 g/mol. The van der Waals surface area contributed by atoms with E-state index in [-0.39, 0.29) is 0 Å². The lowest BCUT2D eigenvalue weighted by Crippen LogP contribution is -2.21. The SMILES string of the molecule is CN(CCC(O)c1ccccc1)Cc1cccc2ccccc12. The van der Waals surface area contributed by atoms with Crippen molar-refractivity contribution >= 4 is 10.8 Å². The number of nitrogens with zero attached hydrogens (tertiary/aromatic N) is 1.